The molecule has 0 saturated carbocycles. The van der Waals surface area contributed by atoms with Crippen LogP contribution in [-0.2, 0) is 0 Å². The lowest BCUT2D eigenvalue weighted by molar-refractivity contribution is -0.0497. The number of aliphatic hydroxyl groups excluding tert-OH is 2. The first kappa shape index (κ1) is 20.7. The molecule has 0 spiro atoms. The molecule has 0 aliphatic carbocycles. The average Bonchev–Trinajstić information content (AvgIpc) is 2.70. The van der Waals surface area contributed by atoms with Gasteiger partial charge in [0.05, 0.1) is 6.61 Å². The van der Waals surface area contributed by atoms with Gasteiger partial charge in [-0.15, -0.1) is 0 Å². The molecule has 1 heterocycles. The van der Waals surface area contributed by atoms with E-state index in [4.69, 9.17) is 21.4 Å². The van der Waals surface area contributed by atoms with Gasteiger partial charge in [0, 0.05) is 21.4 Å². The SMILES string of the molecule is N#Cc1nc(OC[C@H](O)CO)c2ccc(OC(F)F)cc2c1-c1cccc(Cl)c1. The number of hydrogen-bond donors (Lipinski definition) is 2. The van der Waals surface area contributed by atoms with Gasteiger partial charge in [0.15, 0.2) is 5.69 Å². The van der Waals surface area contributed by atoms with Crippen LogP contribution in [0.2, 0.25) is 5.02 Å². The van der Waals surface area contributed by atoms with E-state index in [2.05, 4.69) is 9.72 Å². The summed E-state index contributed by atoms with van der Waals surface area (Å²) in [4.78, 5) is 4.21. The first-order chi connectivity index (χ1) is 13.9. The molecule has 1 aromatic heterocycles. The maximum atomic E-state index is 12.7. The summed E-state index contributed by atoms with van der Waals surface area (Å²) in [5, 5.41) is 29.3. The van der Waals surface area contributed by atoms with Gasteiger partial charge in [0.1, 0.15) is 24.5 Å². The lowest BCUT2D eigenvalue weighted by atomic mass is 9.97. The molecule has 150 valence electrons. The van der Waals surface area contributed by atoms with Gasteiger partial charge in [0.2, 0.25) is 5.88 Å². The summed E-state index contributed by atoms with van der Waals surface area (Å²) in [6.07, 6.45) is -1.15. The van der Waals surface area contributed by atoms with Crippen molar-refractivity contribution in [1.82, 2.24) is 4.98 Å². The maximum absolute atomic E-state index is 12.7. The highest BCUT2D eigenvalue weighted by Gasteiger charge is 2.19. The van der Waals surface area contributed by atoms with E-state index in [1.807, 2.05) is 6.07 Å². The zero-order valence-corrected chi connectivity index (χ0v) is 15.6. The van der Waals surface area contributed by atoms with Crippen molar-refractivity contribution < 1.29 is 28.5 Å². The first-order valence-electron chi connectivity index (χ1n) is 8.43. The zero-order valence-electron chi connectivity index (χ0n) is 14.8. The Balaban J connectivity index is 2.25. The number of benzene rings is 2. The molecule has 29 heavy (non-hydrogen) atoms. The van der Waals surface area contributed by atoms with E-state index < -0.39 is 19.3 Å². The van der Waals surface area contributed by atoms with Crippen LogP contribution < -0.4 is 9.47 Å². The quantitative estimate of drug-likeness (QED) is 0.604. The van der Waals surface area contributed by atoms with Crippen LogP contribution in [0.3, 0.4) is 0 Å². The second-order valence-electron chi connectivity index (χ2n) is 6.00. The van der Waals surface area contributed by atoms with Gasteiger partial charge in [0.25, 0.3) is 0 Å². The molecular formula is C20H15ClF2N2O4. The zero-order chi connectivity index (χ0) is 21.0. The fraction of sp³-hybridized carbons (Fsp3) is 0.200. The number of fused-ring (bicyclic) bond motifs is 1. The van der Waals surface area contributed by atoms with E-state index >= 15 is 0 Å². The van der Waals surface area contributed by atoms with Gasteiger partial charge in [-0.25, -0.2) is 4.98 Å². The number of alkyl halides is 2. The topological polar surface area (TPSA) is 95.6 Å². The highest BCUT2D eigenvalue weighted by atomic mass is 35.5. The Morgan fingerprint density at radius 2 is 1.97 bits per heavy atom. The molecule has 0 unspecified atom stereocenters. The second-order valence-corrected chi connectivity index (χ2v) is 6.43. The van der Waals surface area contributed by atoms with Crippen molar-refractivity contribution in [3.8, 4) is 28.8 Å². The minimum Gasteiger partial charge on any atom is -0.474 e. The van der Waals surface area contributed by atoms with Gasteiger partial charge >= 0.3 is 6.61 Å². The van der Waals surface area contributed by atoms with Crippen LogP contribution in [0.5, 0.6) is 11.6 Å². The van der Waals surface area contributed by atoms with Crippen molar-refractivity contribution in [2.45, 2.75) is 12.7 Å². The summed E-state index contributed by atoms with van der Waals surface area (Å²) in [5.74, 6) is -0.0920. The number of pyridine rings is 1. The molecule has 0 saturated heterocycles. The van der Waals surface area contributed by atoms with Crippen molar-refractivity contribution in [2.24, 2.45) is 0 Å². The number of hydrogen-bond acceptors (Lipinski definition) is 6. The third-order valence-corrected chi connectivity index (χ3v) is 4.24. The lowest BCUT2D eigenvalue weighted by Crippen LogP contribution is -2.21. The van der Waals surface area contributed by atoms with Gasteiger partial charge in [-0.1, -0.05) is 23.7 Å². The number of aromatic nitrogens is 1. The van der Waals surface area contributed by atoms with E-state index in [1.165, 1.54) is 18.2 Å². The molecule has 9 heteroatoms. The van der Waals surface area contributed by atoms with Crippen molar-refractivity contribution in [3.63, 3.8) is 0 Å². The Morgan fingerprint density at radius 3 is 2.62 bits per heavy atom. The van der Waals surface area contributed by atoms with Crippen molar-refractivity contribution in [3.05, 3.63) is 53.2 Å². The summed E-state index contributed by atoms with van der Waals surface area (Å²) in [6, 6.07) is 12.8. The Bertz CT molecular complexity index is 1070. The molecule has 0 radical (unpaired) electrons. The molecule has 0 aliphatic heterocycles. The van der Waals surface area contributed by atoms with E-state index in [0.717, 1.165) is 0 Å². The van der Waals surface area contributed by atoms with E-state index in [9.17, 15) is 19.1 Å². The van der Waals surface area contributed by atoms with Crippen LogP contribution in [-0.4, -0.2) is 41.1 Å². The van der Waals surface area contributed by atoms with Crippen LogP contribution in [0.1, 0.15) is 5.69 Å². The highest BCUT2D eigenvalue weighted by Crippen LogP contribution is 2.38. The minimum absolute atomic E-state index is 0.0124. The van der Waals surface area contributed by atoms with Crippen LogP contribution in [0.25, 0.3) is 21.9 Å². The van der Waals surface area contributed by atoms with Crippen molar-refractivity contribution >= 4 is 22.4 Å². The fourth-order valence-corrected chi connectivity index (χ4v) is 2.98. The normalized spacial score (nSPS) is 12.0. The molecule has 3 aromatic rings. The molecule has 0 fully saturated rings. The summed E-state index contributed by atoms with van der Waals surface area (Å²) in [6.45, 7) is -3.81. The molecule has 0 bridgehead atoms. The highest BCUT2D eigenvalue weighted by molar-refractivity contribution is 6.31. The van der Waals surface area contributed by atoms with Gasteiger partial charge in [-0.2, -0.15) is 14.0 Å². The molecule has 1 atom stereocenters. The smallest absolute Gasteiger partial charge is 0.387 e. The largest absolute Gasteiger partial charge is 0.474 e. The molecule has 3 rings (SSSR count). The molecule has 6 nitrogen and oxygen atoms in total. The van der Waals surface area contributed by atoms with Crippen LogP contribution in [0, 0.1) is 11.3 Å². The van der Waals surface area contributed by atoms with E-state index in [1.54, 1.807) is 24.3 Å². The van der Waals surface area contributed by atoms with Crippen LogP contribution in [0.4, 0.5) is 8.78 Å². The Hall–Kier alpha value is -2.99. The third kappa shape index (κ3) is 4.71. The number of nitrogens with zero attached hydrogens (tertiary/aromatic N) is 2. The summed E-state index contributed by atoms with van der Waals surface area (Å²) in [5.41, 5.74) is 0.907. The van der Waals surface area contributed by atoms with Crippen molar-refractivity contribution in [2.75, 3.05) is 13.2 Å². The van der Waals surface area contributed by atoms with Crippen molar-refractivity contribution in [1.29, 1.82) is 5.26 Å². The Labute approximate surface area is 169 Å². The molecule has 0 aliphatic rings. The van der Waals surface area contributed by atoms with Gasteiger partial charge in [-0.05, 0) is 35.9 Å². The monoisotopic (exact) mass is 420 g/mol. The molecule has 0 amide bonds. The number of halogens is 3. The fourth-order valence-electron chi connectivity index (χ4n) is 2.79. The van der Waals surface area contributed by atoms with Gasteiger partial charge < -0.3 is 19.7 Å². The molecule has 2 N–H and O–H groups in total. The Kier molecular flexibility index (Phi) is 6.44. The average molecular weight is 421 g/mol. The number of nitriles is 1. The van der Waals surface area contributed by atoms with E-state index in [-0.39, 0.29) is 23.9 Å². The predicted octanol–water partition coefficient (Wildman–Crippen LogP) is 3.76. The standard InChI is InChI=1S/C20H15ClF2N2O4/c21-12-3-1-2-11(6-12)18-16-7-14(29-20(22)23)4-5-15(16)19(25-17(18)8-24)28-10-13(27)9-26/h1-7,13,20,26-27H,9-10H2/t13-/m1/s1. The van der Waals surface area contributed by atoms with Crippen LogP contribution in [0.15, 0.2) is 42.5 Å². The summed E-state index contributed by atoms with van der Waals surface area (Å²) in [7, 11) is 0. The third-order valence-electron chi connectivity index (χ3n) is 4.01. The summed E-state index contributed by atoms with van der Waals surface area (Å²) < 4.78 is 35.3. The number of ether oxygens (including phenoxy) is 2. The lowest BCUT2D eigenvalue weighted by Gasteiger charge is -2.16. The first-order valence-corrected chi connectivity index (χ1v) is 8.81. The number of rotatable bonds is 7. The molecule has 2 aromatic carbocycles. The van der Waals surface area contributed by atoms with E-state index in [0.29, 0.717) is 26.9 Å². The maximum Gasteiger partial charge on any atom is 0.387 e. The second kappa shape index (κ2) is 9.01. The number of aliphatic hydroxyl groups is 2. The Morgan fingerprint density at radius 1 is 1.17 bits per heavy atom. The van der Waals surface area contributed by atoms with Crippen LogP contribution >= 0.6 is 11.6 Å². The minimum atomic E-state index is -3.02. The molecular weight excluding hydrogens is 406 g/mol. The summed E-state index contributed by atoms with van der Waals surface area (Å²) >= 11 is 6.07. The van der Waals surface area contributed by atoms with Gasteiger partial charge in [-0.3, -0.25) is 0 Å². The predicted molar refractivity (Wildman–Crippen MR) is 102 cm³/mol.